The van der Waals surface area contributed by atoms with Gasteiger partial charge in [-0.3, -0.25) is 9.69 Å². The number of benzene rings is 1. The molecular formula is C18H23N9O. The maximum atomic E-state index is 12.4. The summed E-state index contributed by atoms with van der Waals surface area (Å²) in [5.74, 6) is 1.20. The zero-order valence-corrected chi connectivity index (χ0v) is 16.0. The first-order chi connectivity index (χ1) is 13.6. The Morgan fingerprint density at radius 3 is 2.86 bits per heavy atom. The van der Waals surface area contributed by atoms with E-state index in [1.807, 2.05) is 14.0 Å². The number of carbonyl (C=O) groups is 1. The lowest BCUT2D eigenvalue weighted by Crippen LogP contribution is -2.34. The van der Waals surface area contributed by atoms with Crippen LogP contribution in [0.25, 0.3) is 0 Å². The fourth-order valence-electron chi connectivity index (χ4n) is 3.52. The Morgan fingerprint density at radius 2 is 2.07 bits per heavy atom. The zero-order chi connectivity index (χ0) is 19.5. The number of rotatable bonds is 6. The molecule has 0 saturated carbocycles. The molecule has 0 bridgehead atoms. The molecule has 10 nitrogen and oxygen atoms in total. The molecule has 1 aromatic carbocycles. The van der Waals surface area contributed by atoms with Crippen molar-refractivity contribution in [1.82, 2.24) is 45.2 Å². The summed E-state index contributed by atoms with van der Waals surface area (Å²) >= 11 is 0. The van der Waals surface area contributed by atoms with Gasteiger partial charge in [-0.25, -0.2) is 4.68 Å². The number of tetrazole rings is 1. The molecule has 0 fully saturated rings. The van der Waals surface area contributed by atoms with Crippen molar-refractivity contribution < 1.29 is 4.79 Å². The summed E-state index contributed by atoms with van der Waals surface area (Å²) in [5, 5.41) is 22.6. The summed E-state index contributed by atoms with van der Waals surface area (Å²) in [6.07, 6.45) is 2.61. The molecule has 1 aliphatic rings. The number of amides is 1. The lowest BCUT2D eigenvalue weighted by molar-refractivity contribution is -0.122. The molecule has 0 radical (unpaired) electrons. The van der Waals surface area contributed by atoms with Gasteiger partial charge < -0.3 is 9.88 Å². The Bertz CT molecular complexity index is 963. The van der Waals surface area contributed by atoms with Crippen molar-refractivity contribution in [3.8, 4) is 0 Å². The van der Waals surface area contributed by atoms with Crippen molar-refractivity contribution in [2.45, 2.75) is 39.0 Å². The molecule has 1 N–H and O–H groups in total. The molecule has 0 aliphatic carbocycles. The quantitative estimate of drug-likeness (QED) is 0.652. The molecule has 0 spiro atoms. The van der Waals surface area contributed by atoms with E-state index < -0.39 is 0 Å². The van der Waals surface area contributed by atoms with Crippen molar-refractivity contribution in [1.29, 1.82) is 0 Å². The number of aromatic nitrogens is 7. The minimum Gasteiger partial charge on any atom is -0.345 e. The average Bonchev–Trinajstić information content (AvgIpc) is 3.30. The third-order valence-electron chi connectivity index (χ3n) is 4.99. The summed E-state index contributed by atoms with van der Waals surface area (Å²) in [5.41, 5.74) is 2.73. The van der Waals surface area contributed by atoms with Crippen molar-refractivity contribution in [3.63, 3.8) is 0 Å². The van der Waals surface area contributed by atoms with E-state index in [1.165, 1.54) is 11.1 Å². The summed E-state index contributed by atoms with van der Waals surface area (Å²) in [6, 6.07) is 8.23. The van der Waals surface area contributed by atoms with Gasteiger partial charge in [0.25, 0.3) is 0 Å². The second kappa shape index (κ2) is 7.85. The van der Waals surface area contributed by atoms with Gasteiger partial charge in [-0.15, -0.1) is 15.3 Å². The fourth-order valence-corrected chi connectivity index (χ4v) is 3.52. The van der Waals surface area contributed by atoms with Crippen LogP contribution in [0.1, 0.15) is 35.7 Å². The van der Waals surface area contributed by atoms with Crippen LogP contribution in [-0.4, -0.2) is 52.3 Å². The van der Waals surface area contributed by atoms with E-state index in [9.17, 15) is 4.79 Å². The van der Waals surface area contributed by atoms with E-state index >= 15 is 0 Å². The van der Waals surface area contributed by atoms with Crippen LogP contribution >= 0.6 is 0 Å². The van der Waals surface area contributed by atoms with E-state index in [1.54, 1.807) is 15.6 Å². The molecule has 4 rings (SSSR count). The first kappa shape index (κ1) is 18.2. The molecule has 0 unspecified atom stereocenters. The van der Waals surface area contributed by atoms with Gasteiger partial charge in [-0.1, -0.05) is 24.3 Å². The predicted molar refractivity (Wildman–Crippen MR) is 99.6 cm³/mol. The van der Waals surface area contributed by atoms with Crippen LogP contribution in [0.2, 0.25) is 0 Å². The van der Waals surface area contributed by atoms with Crippen LogP contribution in [0.5, 0.6) is 0 Å². The van der Waals surface area contributed by atoms with Crippen LogP contribution in [0.3, 0.4) is 0 Å². The molecule has 28 heavy (non-hydrogen) atoms. The molecule has 2 aromatic heterocycles. The first-order valence-corrected chi connectivity index (χ1v) is 9.27. The third kappa shape index (κ3) is 3.91. The zero-order valence-electron chi connectivity index (χ0n) is 16.0. The maximum absolute atomic E-state index is 12.4. The minimum absolute atomic E-state index is 0.0644. The number of nitrogens with zero attached hydrogens (tertiary/aromatic N) is 8. The van der Waals surface area contributed by atoms with Crippen LogP contribution in [-0.2, 0) is 37.9 Å². The Balaban J connectivity index is 1.37. The van der Waals surface area contributed by atoms with Gasteiger partial charge in [-0.2, -0.15) is 0 Å². The van der Waals surface area contributed by atoms with Gasteiger partial charge in [0.2, 0.25) is 5.91 Å². The molecule has 3 heterocycles. The highest BCUT2D eigenvalue weighted by atomic mass is 16.2. The summed E-state index contributed by atoms with van der Waals surface area (Å²) in [7, 11) is 1.84. The normalized spacial score (nSPS) is 15.2. The number of hydrogen-bond donors (Lipinski definition) is 1. The predicted octanol–water partition coefficient (Wildman–Crippen LogP) is 0.237. The molecular weight excluding hydrogens is 358 g/mol. The summed E-state index contributed by atoms with van der Waals surface area (Å²) in [6.45, 7) is 4.34. The third-order valence-corrected chi connectivity index (χ3v) is 4.99. The van der Waals surface area contributed by atoms with Crippen molar-refractivity contribution in [2.24, 2.45) is 7.05 Å². The van der Waals surface area contributed by atoms with Gasteiger partial charge in [0.05, 0.1) is 12.6 Å². The van der Waals surface area contributed by atoms with Crippen LogP contribution < -0.4 is 5.32 Å². The monoisotopic (exact) mass is 381 g/mol. The highest BCUT2D eigenvalue weighted by molar-refractivity contribution is 5.76. The van der Waals surface area contributed by atoms with E-state index in [2.05, 4.69) is 60.2 Å². The number of hydrogen-bond acceptors (Lipinski definition) is 7. The lowest BCUT2D eigenvalue weighted by atomic mass is 10.00. The van der Waals surface area contributed by atoms with Crippen molar-refractivity contribution in [3.05, 3.63) is 53.4 Å². The SMILES string of the molecule is C[C@@H](NC(=O)Cn1nnnc1CN1CCc2ccccc2C1)c1nncn1C. The van der Waals surface area contributed by atoms with E-state index in [-0.39, 0.29) is 18.5 Å². The largest absolute Gasteiger partial charge is 0.345 e. The van der Waals surface area contributed by atoms with Gasteiger partial charge >= 0.3 is 0 Å². The number of carbonyl (C=O) groups excluding carboxylic acids is 1. The number of fused-ring (bicyclic) bond motifs is 1. The smallest absolute Gasteiger partial charge is 0.242 e. The fraction of sp³-hybridized carbons (Fsp3) is 0.444. The van der Waals surface area contributed by atoms with Crippen molar-refractivity contribution >= 4 is 5.91 Å². The Kier molecular flexibility index (Phi) is 5.11. The van der Waals surface area contributed by atoms with E-state index in [0.29, 0.717) is 18.2 Å². The minimum atomic E-state index is -0.251. The van der Waals surface area contributed by atoms with Gasteiger partial charge in [0.15, 0.2) is 11.6 Å². The molecule has 1 aliphatic heterocycles. The van der Waals surface area contributed by atoms with E-state index in [0.717, 1.165) is 19.5 Å². The molecule has 10 heteroatoms. The topological polar surface area (TPSA) is 107 Å². The highest BCUT2D eigenvalue weighted by Gasteiger charge is 2.20. The molecule has 3 aromatic rings. The second-order valence-electron chi connectivity index (χ2n) is 7.07. The summed E-state index contributed by atoms with van der Waals surface area (Å²) < 4.78 is 3.33. The molecule has 1 atom stereocenters. The standard InChI is InChI=1S/C18H23N9O/c1-13(18-22-19-12-25(18)2)20-17(28)11-27-16(21-23-24-27)10-26-8-7-14-5-3-4-6-15(14)9-26/h3-6,12-13H,7-11H2,1-2H3,(H,20,28)/t13-/m1/s1. The van der Waals surface area contributed by atoms with E-state index in [4.69, 9.17) is 0 Å². The first-order valence-electron chi connectivity index (χ1n) is 9.27. The average molecular weight is 381 g/mol. The van der Waals surface area contributed by atoms with Crippen LogP contribution in [0.4, 0.5) is 0 Å². The number of nitrogens with one attached hydrogen (secondary N) is 1. The Morgan fingerprint density at radius 1 is 1.25 bits per heavy atom. The van der Waals surface area contributed by atoms with Crippen LogP contribution in [0, 0.1) is 0 Å². The molecule has 0 saturated heterocycles. The lowest BCUT2D eigenvalue weighted by Gasteiger charge is -2.28. The van der Waals surface area contributed by atoms with Gasteiger partial charge in [0.1, 0.15) is 12.9 Å². The van der Waals surface area contributed by atoms with Gasteiger partial charge in [0, 0.05) is 20.1 Å². The maximum Gasteiger partial charge on any atom is 0.242 e. The van der Waals surface area contributed by atoms with Crippen molar-refractivity contribution in [2.75, 3.05) is 6.54 Å². The molecule has 146 valence electrons. The second-order valence-corrected chi connectivity index (χ2v) is 7.07. The van der Waals surface area contributed by atoms with Gasteiger partial charge in [-0.05, 0) is 34.9 Å². The Hall–Kier alpha value is -3.14. The number of aryl methyl sites for hydroxylation is 1. The van der Waals surface area contributed by atoms with Crippen LogP contribution in [0.15, 0.2) is 30.6 Å². The summed E-state index contributed by atoms with van der Waals surface area (Å²) in [4.78, 5) is 14.7. The molecule has 1 amide bonds. The highest BCUT2D eigenvalue weighted by Crippen LogP contribution is 2.19. The Labute approximate surface area is 162 Å².